The number of hydrogen-bond donors (Lipinski definition) is 2. The number of nitrogens with two attached hydrogens (primary N) is 1. The minimum Gasteiger partial charge on any atom is -0.374 e. The standard InChI is InChI=1S/C12H24N2O/c13-9-12-7-6-11(15-12)3-1-2-8-14-10-4-5-10/h10-12,14H,1-9,13H2. The highest BCUT2D eigenvalue weighted by atomic mass is 16.5. The molecule has 1 aliphatic heterocycles. The highest BCUT2D eigenvalue weighted by molar-refractivity contribution is 4.80. The number of rotatable bonds is 7. The molecule has 0 radical (unpaired) electrons. The van der Waals surface area contributed by atoms with Crippen molar-refractivity contribution in [3.63, 3.8) is 0 Å². The van der Waals surface area contributed by atoms with Crippen LogP contribution in [0, 0.1) is 0 Å². The third-order valence-corrected chi connectivity index (χ3v) is 3.42. The van der Waals surface area contributed by atoms with E-state index >= 15 is 0 Å². The Bertz CT molecular complexity index is 182. The van der Waals surface area contributed by atoms with Gasteiger partial charge in [0.15, 0.2) is 0 Å². The van der Waals surface area contributed by atoms with Crippen molar-refractivity contribution in [2.45, 2.75) is 63.2 Å². The lowest BCUT2D eigenvalue weighted by atomic mass is 10.1. The minimum atomic E-state index is 0.347. The van der Waals surface area contributed by atoms with Crippen molar-refractivity contribution >= 4 is 0 Å². The summed E-state index contributed by atoms with van der Waals surface area (Å²) in [5, 5.41) is 3.54. The molecule has 88 valence electrons. The molecule has 2 unspecified atom stereocenters. The fraction of sp³-hybridized carbons (Fsp3) is 1.00. The van der Waals surface area contributed by atoms with Crippen LogP contribution in [0.25, 0.3) is 0 Å². The Hall–Kier alpha value is -0.120. The van der Waals surface area contributed by atoms with Gasteiger partial charge in [-0.25, -0.2) is 0 Å². The molecular formula is C12H24N2O. The van der Waals surface area contributed by atoms with E-state index in [9.17, 15) is 0 Å². The summed E-state index contributed by atoms with van der Waals surface area (Å²) in [6, 6.07) is 0.856. The Morgan fingerprint density at radius 2 is 1.87 bits per heavy atom. The summed E-state index contributed by atoms with van der Waals surface area (Å²) in [6.45, 7) is 1.89. The van der Waals surface area contributed by atoms with Crippen LogP contribution in [-0.4, -0.2) is 31.3 Å². The first kappa shape index (κ1) is 11.4. The van der Waals surface area contributed by atoms with Gasteiger partial charge in [-0.3, -0.25) is 0 Å². The fourth-order valence-corrected chi connectivity index (χ4v) is 2.26. The van der Waals surface area contributed by atoms with E-state index in [1.807, 2.05) is 0 Å². The smallest absolute Gasteiger partial charge is 0.0702 e. The molecule has 1 saturated carbocycles. The highest BCUT2D eigenvalue weighted by Gasteiger charge is 2.23. The molecular weight excluding hydrogens is 188 g/mol. The molecule has 2 rings (SSSR count). The molecule has 15 heavy (non-hydrogen) atoms. The number of nitrogens with one attached hydrogen (secondary N) is 1. The Balaban J connectivity index is 1.43. The second kappa shape index (κ2) is 5.83. The van der Waals surface area contributed by atoms with E-state index in [0.717, 1.165) is 6.04 Å². The van der Waals surface area contributed by atoms with Gasteiger partial charge < -0.3 is 15.8 Å². The Morgan fingerprint density at radius 1 is 1.07 bits per heavy atom. The maximum absolute atomic E-state index is 5.81. The predicted molar refractivity (Wildman–Crippen MR) is 61.8 cm³/mol. The molecule has 2 fully saturated rings. The van der Waals surface area contributed by atoms with Crippen LogP contribution in [0.5, 0.6) is 0 Å². The van der Waals surface area contributed by atoms with E-state index < -0.39 is 0 Å². The molecule has 3 nitrogen and oxygen atoms in total. The monoisotopic (exact) mass is 212 g/mol. The van der Waals surface area contributed by atoms with Gasteiger partial charge in [0.05, 0.1) is 12.2 Å². The molecule has 0 spiro atoms. The summed E-state index contributed by atoms with van der Waals surface area (Å²) in [5.41, 5.74) is 5.58. The largest absolute Gasteiger partial charge is 0.374 e. The lowest BCUT2D eigenvalue weighted by Crippen LogP contribution is -2.21. The summed E-state index contributed by atoms with van der Waals surface area (Å²) < 4.78 is 5.81. The number of unbranched alkanes of at least 4 members (excludes halogenated alkanes) is 1. The predicted octanol–water partition coefficient (Wildman–Crippen LogP) is 1.41. The van der Waals surface area contributed by atoms with Crippen LogP contribution in [0.3, 0.4) is 0 Å². The summed E-state index contributed by atoms with van der Waals surface area (Å²) in [5.74, 6) is 0. The Labute approximate surface area is 92.7 Å². The molecule has 0 aromatic carbocycles. The maximum Gasteiger partial charge on any atom is 0.0702 e. The molecule has 3 N–H and O–H groups in total. The van der Waals surface area contributed by atoms with E-state index in [2.05, 4.69) is 5.32 Å². The van der Waals surface area contributed by atoms with Crippen molar-refractivity contribution in [3.05, 3.63) is 0 Å². The van der Waals surface area contributed by atoms with Gasteiger partial charge >= 0.3 is 0 Å². The fourth-order valence-electron chi connectivity index (χ4n) is 2.26. The number of hydrogen-bond acceptors (Lipinski definition) is 3. The van der Waals surface area contributed by atoms with Crippen molar-refractivity contribution in [1.82, 2.24) is 5.32 Å². The van der Waals surface area contributed by atoms with E-state index in [0.29, 0.717) is 18.8 Å². The van der Waals surface area contributed by atoms with Gasteiger partial charge in [-0.1, -0.05) is 0 Å². The van der Waals surface area contributed by atoms with Crippen LogP contribution in [0.15, 0.2) is 0 Å². The molecule has 0 bridgehead atoms. The topological polar surface area (TPSA) is 47.3 Å². The maximum atomic E-state index is 5.81. The quantitative estimate of drug-likeness (QED) is 0.627. The van der Waals surface area contributed by atoms with E-state index in [1.54, 1.807) is 0 Å². The summed E-state index contributed by atoms with van der Waals surface area (Å²) in [6.07, 6.45) is 9.83. The first-order chi connectivity index (χ1) is 7.38. The molecule has 2 atom stereocenters. The molecule has 1 heterocycles. The van der Waals surface area contributed by atoms with Crippen molar-refractivity contribution in [2.24, 2.45) is 5.73 Å². The van der Waals surface area contributed by atoms with E-state index in [4.69, 9.17) is 10.5 Å². The lowest BCUT2D eigenvalue weighted by molar-refractivity contribution is 0.0442. The second-order valence-corrected chi connectivity index (χ2v) is 4.92. The van der Waals surface area contributed by atoms with Gasteiger partial charge in [0.1, 0.15) is 0 Å². The average Bonchev–Trinajstić information content (AvgIpc) is 2.96. The first-order valence-corrected chi connectivity index (χ1v) is 6.47. The Morgan fingerprint density at radius 3 is 2.53 bits per heavy atom. The molecule has 1 saturated heterocycles. The van der Waals surface area contributed by atoms with Crippen LogP contribution < -0.4 is 11.1 Å². The van der Waals surface area contributed by atoms with Gasteiger partial charge in [0.2, 0.25) is 0 Å². The van der Waals surface area contributed by atoms with E-state index in [1.165, 1.54) is 51.5 Å². The van der Waals surface area contributed by atoms with Crippen molar-refractivity contribution in [1.29, 1.82) is 0 Å². The molecule has 0 aromatic rings. The van der Waals surface area contributed by atoms with Crippen LogP contribution in [0.4, 0.5) is 0 Å². The zero-order chi connectivity index (χ0) is 10.5. The van der Waals surface area contributed by atoms with Crippen LogP contribution in [-0.2, 0) is 4.74 Å². The molecule has 0 amide bonds. The zero-order valence-corrected chi connectivity index (χ0v) is 9.58. The zero-order valence-electron chi connectivity index (χ0n) is 9.58. The first-order valence-electron chi connectivity index (χ1n) is 6.47. The molecule has 3 heteroatoms. The highest BCUT2D eigenvalue weighted by Crippen LogP contribution is 2.23. The normalized spacial score (nSPS) is 31.0. The van der Waals surface area contributed by atoms with Crippen LogP contribution in [0.2, 0.25) is 0 Å². The Kier molecular flexibility index (Phi) is 4.42. The lowest BCUT2D eigenvalue weighted by Gasteiger charge is -2.12. The average molecular weight is 212 g/mol. The van der Waals surface area contributed by atoms with Crippen molar-refractivity contribution in [2.75, 3.05) is 13.1 Å². The third kappa shape index (κ3) is 4.09. The van der Waals surface area contributed by atoms with Gasteiger partial charge in [-0.05, 0) is 51.5 Å². The van der Waals surface area contributed by atoms with Gasteiger partial charge in [-0.2, -0.15) is 0 Å². The third-order valence-electron chi connectivity index (χ3n) is 3.42. The van der Waals surface area contributed by atoms with Crippen LogP contribution >= 0.6 is 0 Å². The van der Waals surface area contributed by atoms with Gasteiger partial charge in [0.25, 0.3) is 0 Å². The molecule has 0 aromatic heterocycles. The SMILES string of the molecule is NCC1CCC(CCCCNC2CC2)O1. The van der Waals surface area contributed by atoms with E-state index in [-0.39, 0.29) is 0 Å². The summed E-state index contributed by atoms with van der Waals surface area (Å²) in [7, 11) is 0. The molecule has 2 aliphatic rings. The molecule has 1 aliphatic carbocycles. The van der Waals surface area contributed by atoms with Crippen molar-refractivity contribution in [3.8, 4) is 0 Å². The minimum absolute atomic E-state index is 0.347. The van der Waals surface area contributed by atoms with Gasteiger partial charge in [0, 0.05) is 12.6 Å². The second-order valence-electron chi connectivity index (χ2n) is 4.92. The summed E-state index contributed by atoms with van der Waals surface area (Å²) >= 11 is 0. The summed E-state index contributed by atoms with van der Waals surface area (Å²) in [4.78, 5) is 0. The van der Waals surface area contributed by atoms with Crippen molar-refractivity contribution < 1.29 is 4.74 Å². The van der Waals surface area contributed by atoms with Gasteiger partial charge in [-0.15, -0.1) is 0 Å². The van der Waals surface area contributed by atoms with Crippen LogP contribution in [0.1, 0.15) is 44.9 Å². The number of ether oxygens (including phenoxy) is 1.